The highest BCUT2D eigenvalue weighted by molar-refractivity contribution is 6.30. The fourth-order valence-corrected chi connectivity index (χ4v) is 1.64. The Labute approximate surface area is 104 Å². The van der Waals surface area contributed by atoms with Crippen LogP contribution in [0.3, 0.4) is 0 Å². The van der Waals surface area contributed by atoms with E-state index in [9.17, 15) is 0 Å². The summed E-state index contributed by atoms with van der Waals surface area (Å²) in [7, 11) is 0. The summed E-state index contributed by atoms with van der Waals surface area (Å²) < 4.78 is 5.82. The maximum Gasteiger partial charge on any atom is 0.123 e. The lowest BCUT2D eigenvalue weighted by Gasteiger charge is -2.23. The summed E-state index contributed by atoms with van der Waals surface area (Å²) in [4.78, 5) is 0. The lowest BCUT2D eigenvalue weighted by Crippen LogP contribution is -2.15. The first-order valence-corrected chi connectivity index (χ1v) is 6.11. The smallest absolute Gasteiger partial charge is 0.123 e. The van der Waals surface area contributed by atoms with Crippen LogP contribution in [0.15, 0.2) is 18.2 Å². The van der Waals surface area contributed by atoms with Gasteiger partial charge < -0.3 is 4.74 Å². The Morgan fingerprint density at radius 3 is 2.38 bits per heavy atom. The molecule has 16 heavy (non-hydrogen) atoms. The van der Waals surface area contributed by atoms with Gasteiger partial charge in [0.15, 0.2) is 0 Å². The molecule has 0 radical (unpaired) electrons. The molecule has 0 saturated carbocycles. The van der Waals surface area contributed by atoms with Crippen molar-refractivity contribution in [3.8, 4) is 5.75 Å². The molecule has 0 saturated heterocycles. The van der Waals surface area contributed by atoms with Crippen LogP contribution in [0, 0.1) is 5.92 Å². The van der Waals surface area contributed by atoms with Gasteiger partial charge >= 0.3 is 0 Å². The predicted octanol–water partition coefficient (Wildman–Crippen LogP) is 4.67. The summed E-state index contributed by atoms with van der Waals surface area (Å²) in [6.07, 6.45) is 0. The van der Waals surface area contributed by atoms with E-state index in [0.29, 0.717) is 5.92 Å². The predicted molar refractivity (Wildman–Crippen MR) is 70.5 cm³/mol. The van der Waals surface area contributed by atoms with E-state index in [2.05, 4.69) is 34.6 Å². The van der Waals surface area contributed by atoms with Gasteiger partial charge in [0.05, 0.1) is 6.61 Å². The minimum atomic E-state index is 0.0528. The van der Waals surface area contributed by atoms with Crippen LogP contribution < -0.4 is 4.74 Å². The number of ether oxygens (including phenoxy) is 1. The van der Waals surface area contributed by atoms with E-state index in [1.165, 1.54) is 5.56 Å². The third-order valence-corrected chi connectivity index (χ3v) is 2.56. The van der Waals surface area contributed by atoms with Gasteiger partial charge in [0.1, 0.15) is 5.75 Å². The zero-order chi connectivity index (χ0) is 12.3. The Morgan fingerprint density at radius 2 is 1.88 bits per heavy atom. The van der Waals surface area contributed by atoms with Crippen molar-refractivity contribution >= 4 is 11.6 Å². The van der Waals surface area contributed by atoms with Crippen molar-refractivity contribution in [3.63, 3.8) is 0 Å². The lowest BCUT2D eigenvalue weighted by atomic mass is 9.86. The molecule has 0 aliphatic heterocycles. The van der Waals surface area contributed by atoms with Gasteiger partial charge in [0, 0.05) is 10.6 Å². The second-order valence-corrected chi connectivity index (χ2v) is 6.03. The Morgan fingerprint density at radius 1 is 1.25 bits per heavy atom. The molecule has 1 rings (SSSR count). The van der Waals surface area contributed by atoms with Gasteiger partial charge in [-0.15, -0.1) is 0 Å². The maximum absolute atomic E-state index is 6.03. The molecule has 1 nitrogen and oxygen atoms in total. The Hall–Kier alpha value is -0.690. The fourth-order valence-electron chi connectivity index (χ4n) is 1.47. The van der Waals surface area contributed by atoms with Crippen LogP contribution in [0.2, 0.25) is 5.02 Å². The molecule has 1 aromatic rings. The zero-order valence-corrected chi connectivity index (χ0v) is 11.6. The van der Waals surface area contributed by atoms with Gasteiger partial charge in [-0.3, -0.25) is 0 Å². The van der Waals surface area contributed by atoms with Crippen molar-refractivity contribution in [2.45, 2.75) is 40.0 Å². The van der Waals surface area contributed by atoms with E-state index in [0.717, 1.165) is 17.4 Å². The summed E-state index contributed by atoms with van der Waals surface area (Å²) in [5, 5.41) is 0.766. The highest BCUT2D eigenvalue weighted by atomic mass is 35.5. The van der Waals surface area contributed by atoms with Crippen LogP contribution in [0.25, 0.3) is 0 Å². The molecule has 0 spiro atoms. The molecule has 0 fully saturated rings. The quantitative estimate of drug-likeness (QED) is 0.746. The van der Waals surface area contributed by atoms with E-state index in [-0.39, 0.29) is 5.41 Å². The molecule has 0 amide bonds. The normalized spacial score (nSPS) is 11.9. The van der Waals surface area contributed by atoms with Crippen LogP contribution in [-0.2, 0) is 5.41 Å². The summed E-state index contributed by atoms with van der Waals surface area (Å²) in [6, 6.07) is 5.84. The average molecular weight is 241 g/mol. The van der Waals surface area contributed by atoms with E-state index < -0.39 is 0 Å². The molecule has 1 aromatic carbocycles. The van der Waals surface area contributed by atoms with Gasteiger partial charge in [-0.05, 0) is 29.5 Å². The maximum atomic E-state index is 6.03. The lowest BCUT2D eigenvalue weighted by molar-refractivity contribution is 0.265. The monoisotopic (exact) mass is 240 g/mol. The zero-order valence-electron chi connectivity index (χ0n) is 10.8. The molecule has 0 bridgehead atoms. The largest absolute Gasteiger partial charge is 0.493 e. The molecule has 2 heteroatoms. The van der Waals surface area contributed by atoms with Crippen LogP contribution >= 0.6 is 11.6 Å². The van der Waals surface area contributed by atoms with E-state index in [1.54, 1.807) is 0 Å². The number of rotatable bonds is 3. The van der Waals surface area contributed by atoms with Crippen LogP contribution in [0.4, 0.5) is 0 Å². The summed E-state index contributed by atoms with van der Waals surface area (Å²) in [6.45, 7) is 11.5. The molecule has 90 valence electrons. The highest BCUT2D eigenvalue weighted by Crippen LogP contribution is 2.33. The first-order chi connectivity index (χ1) is 7.30. The number of hydrogen-bond donors (Lipinski definition) is 0. The molecule has 0 N–H and O–H groups in total. The van der Waals surface area contributed by atoms with Crippen molar-refractivity contribution in [2.24, 2.45) is 5.92 Å². The highest BCUT2D eigenvalue weighted by Gasteiger charge is 2.19. The van der Waals surface area contributed by atoms with Crippen LogP contribution in [0.1, 0.15) is 40.2 Å². The van der Waals surface area contributed by atoms with Crippen LogP contribution in [-0.4, -0.2) is 6.61 Å². The van der Waals surface area contributed by atoms with Crippen molar-refractivity contribution in [2.75, 3.05) is 6.61 Å². The van der Waals surface area contributed by atoms with Gasteiger partial charge in [0.2, 0.25) is 0 Å². The van der Waals surface area contributed by atoms with Gasteiger partial charge in [-0.1, -0.05) is 46.2 Å². The number of halogens is 1. The van der Waals surface area contributed by atoms with Crippen molar-refractivity contribution in [3.05, 3.63) is 28.8 Å². The molecule has 0 aliphatic rings. The summed E-state index contributed by atoms with van der Waals surface area (Å²) in [5.74, 6) is 1.48. The van der Waals surface area contributed by atoms with Crippen molar-refractivity contribution in [1.82, 2.24) is 0 Å². The van der Waals surface area contributed by atoms with Crippen molar-refractivity contribution in [1.29, 1.82) is 0 Å². The molecule has 0 atom stereocenters. The van der Waals surface area contributed by atoms with Gasteiger partial charge in [0.25, 0.3) is 0 Å². The van der Waals surface area contributed by atoms with E-state index in [4.69, 9.17) is 16.3 Å². The minimum Gasteiger partial charge on any atom is -0.493 e. The van der Waals surface area contributed by atoms with Crippen molar-refractivity contribution < 1.29 is 4.74 Å². The SMILES string of the molecule is CC(C)COc1ccc(Cl)cc1C(C)(C)C. The second-order valence-electron chi connectivity index (χ2n) is 5.60. The number of benzene rings is 1. The number of hydrogen-bond acceptors (Lipinski definition) is 1. The summed E-state index contributed by atoms with van der Waals surface area (Å²) >= 11 is 6.03. The van der Waals surface area contributed by atoms with Gasteiger partial charge in [-0.2, -0.15) is 0 Å². The second kappa shape index (κ2) is 5.09. The van der Waals surface area contributed by atoms with Gasteiger partial charge in [-0.25, -0.2) is 0 Å². The standard InChI is InChI=1S/C14H21ClO/c1-10(2)9-16-13-7-6-11(15)8-12(13)14(3,4)5/h6-8,10H,9H2,1-5H3. The fraction of sp³-hybridized carbons (Fsp3) is 0.571. The summed E-state index contributed by atoms with van der Waals surface area (Å²) in [5.41, 5.74) is 1.22. The van der Waals surface area contributed by atoms with E-state index >= 15 is 0 Å². The molecule has 0 unspecified atom stereocenters. The molecular formula is C14H21ClO. The molecule has 0 aromatic heterocycles. The Bertz CT molecular complexity index is 350. The van der Waals surface area contributed by atoms with E-state index in [1.807, 2.05) is 18.2 Å². The Balaban J connectivity index is 2.99. The third kappa shape index (κ3) is 3.71. The molecule has 0 aliphatic carbocycles. The topological polar surface area (TPSA) is 9.23 Å². The molecular weight excluding hydrogens is 220 g/mol. The van der Waals surface area contributed by atoms with Crippen LogP contribution in [0.5, 0.6) is 5.75 Å². The first-order valence-electron chi connectivity index (χ1n) is 5.73. The third-order valence-electron chi connectivity index (χ3n) is 2.32. The average Bonchev–Trinajstić information content (AvgIpc) is 2.14. The Kier molecular flexibility index (Phi) is 4.26. The molecule has 0 heterocycles. The first kappa shape index (κ1) is 13.4. The minimum absolute atomic E-state index is 0.0528.